The number of carbonyl (C=O) groups excluding carboxylic acids is 1. The zero-order valence-electron chi connectivity index (χ0n) is 16.0. The van der Waals surface area contributed by atoms with Crippen molar-refractivity contribution in [2.75, 3.05) is 38.3 Å². The molecule has 0 aliphatic carbocycles. The van der Waals surface area contributed by atoms with E-state index in [0.717, 1.165) is 44.6 Å². The third-order valence-corrected chi connectivity index (χ3v) is 6.27. The van der Waals surface area contributed by atoms with E-state index in [1.54, 1.807) is 7.11 Å². The number of amides is 1. The van der Waals surface area contributed by atoms with Gasteiger partial charge in [0.2, 0.25) is 0 Å². The number of anilines is 1. The number of benzene rings is 1. The number of para-hydroxylation sites is 1. The van der Waals surface area contributed by atoms with Crippen LogP contribution in [0, 0.1) is 0 Å². The van der Waals surface area contributed by atoms with Gasteiger partial charge in [0.1, 0.15) is 0 Å². The van der Waals surface area contributed by atoms with E-state index < -0.39 is 0 Å². The Bertz CT molecular complexity index is 722. The minimum Gasteiger partial charge on any atom is -0.382 e. The predicted molar refractivity (Wildman–Crippen MR) is 112 cm³/mol. The Morgan fingerprint density at radius 3 is 2.59 bits per heavy atom. The van der Waals surface area contributed by atoms with Crippen LogP contribution < -0.4 is 4.90 Å². The van der Waals surface area contributed by atoms with Crippen LogP contribution in [-0.4, -0.2) is 49.7 Å². The second-order valence-corrected chi connectivity index (χ2v) is 8.07. The molecule has 0 bridgehead atoms. The van der Waals surface area contributed by atoms with Gasteiger partial charge in [0.05, 0.1) is 12.1 Å². The molecule has 1 saturated heterocycles. The first-order valence-corrected chi connectivity index (χ1v) is 10.3. The standard InChI is InChI=1S/C22H28N2O2S/c1-3-21(25)24(19-8-5-4-6-9-19)22(18-26-2)12-15-23(16-13-22)14-11-20-10-7-17-27-20/h3-10,17H,1,11-16,18H2,2H3. The molecule has 1 aromatic carbocycles. The lowest BCUT2D eigenvalue weighted by Crippen LogP contribution is -2.60. The minimum atomic E-state index is -0.333. The van der Waals surface area contributed by atoms with Crippen molar-refractivity contribution in [1.82, 2.24) is 4.90 Å². The highest BCUT2D eigenvalue weighted by atomic mass is 32.1. The molecule has 1 aliphatic rings. The maximum atomic E-state index is 12.8. The van der Waals surface area contributed by atoms with E-state index in [-0.39, 0.29) is 11.4 Å². The number of likely N-dealkylation sites (tertiary alicyclic amines) is 1. The van der Waals surface area contributed by atoms with Gasteiger partial charge in [0.15, 0.2) is 0 Å². The van der Waals surface area contributed by atoms with Crippen molar-refractivity contribution in [2.24, 2.45) is 0 Å². The van der Waals surface area contributed by atoms with Gasteiger partial charge < -0.3 is 14.5 Å². The zero-order chi connectivity index (χ0) is 19.1. The average molecular weight is 385 g/mol. The smallest absolute Gasteiger partial charge is 0.250 e. The third kappa shape index (κ3) is 4.67. The molecule has 5 heteroatoms. The van der Waals surface area contributed by atoms with Crippen molar-refractivity contribution in [1.29, 1.82) is 0 Å². The van der Waals surface area contributed by atoms with Crippen molar-refractivity contribution in [3.8, 4) is 0 Å². The highest BCUT2D eigenvalue weighted by Crippen LogP contribution is 2.34. The fourth-order valence-electron chi connectivity index (χ4n) is 3.92. The normalized spacial score (nSPS) is 16.8. The highest BCUT2D eigenvalue weighted by Gasteiger charge is 2.42. The van der Waals surface area contributed by atoms with Crippen LogP contribution in [0.2, 0.25) is 0 Å². The Hall–Kier alpha value is -1.95. The number of hydrogen-bond donors (Lipinski definition) is 0. The van der Waals surface area contributed by atoms with E-state index in [9.17, 15) is 4.79 Å². The highest BCUT2D eigenvalue weighted by molar-refractivity contribution is 7.09. The van der Waals surface area contributed by atoms with Crippen LogP contribution in [0.5, 0.6) is 0 Å². The number of hydrogen-bond acceptors (Lipinski definition) is 4. The number of ether oxygens (including phenoxy) is 1. The molecule has 0 saturated carbocycles. The quantitative estimate of drug-likeness (QED) is 0.645. The lowest BCUT2D eigenvalue weighted by atomic mass is 9.85. The lowest BCUT2D eigenvalue weighted by Gasteiger charge is -2.48. The van der Waals surface area contributed by atoms with Gasteiger partial charge in [-0.1, -0.05) is 30.8 Å². The van der Waals surface area contributed by atoms with Crippen LogP contribution >= 0.6 is 11.3 Å². The largest absolute Gasteiger partial charge is 0.382 e. The van der Waals surface area contributed by atoms with Gasteiger partial charge in [0.25, 0.3) is 5.91 Å². The summed E-state index contributed by atoms with van der Waals surface area (Å²) in [4.78, 5) is 18.6. The number of carbonyl (C=O) groups is 1. The molecule has 0 atom stereocenters. The molecule has 1 aliphatic heterocycles. The van der Waals surface area contributed by atoms with E-state index in [1.165, 1.54) is 11.0 Å². The molecule has 27 heavy (non-hydrogen) atoms. The van der Waals surface area contributed by atoms with Crippen LogP contribution in [0.3, 0.4) is 0 Å². The summed E-state index contributed by atoms with van der Waals surface area (Å²) >= 11 is 1.82. The summed E-state index contributed by atoms with van der Waals surface area (Å²) in [6.45, 7) is 7.23. The zero-order valence-corrected chi connectivity index (χ0v) is 16.8. The van der Waals surface area contributed by atoms with Crippen LogP contribution in [0.4, 0.5) is 5.69 Å². The molecule has 2 aromatic rings. The van der Waals surface area contributed by atoms with Crippen molar-refractivity contribution in [3.05, 3.63) is 65.4 Å². The SMILES string of the molecule is C=CC(=O)N(c1ccccc1)C1(COC)CCN(CCc2cccs2)CC1. The van der Waals surface area contributed by atoms with E-state index >= 15 is 0 Å². The van der Waals surface area contributed by atoms with E-state index in [4.69, 9.17) is 4.74 Å². The van der Waals surface area contributed by atoms with Crippen molar-refractivity contribution in [3.63, 3.8) is 0 Å². The van der Waals surface area contributed by atoms with Gasteiger partial charge in [-0.3, -0.25) is 4.79 Å². The number of rotatable bonds is 8. The van der Waals surface area contributed by atoms with Gasteiger partial charge in [0, 0.05) is 37.3 Å². The maximum absolute atomic E-state index is 12.8. The summed E-state index contributed by atoms with van der Waals surface area (Å²) in [7, 11) is 1.71. The summed E-state index contributed by atoms with van der Waals surface area (Å²) in [5.74, 6) is -0.0646. The first-order chi connectivity index (χ1) is 13.2. The first kappa shape index (κ1) is 19.8. The second kappa shape index (κ2) is 9.31. The Morgan fingerprint density at radius 1 is 1.26 bits per heavy atom. The molecule has 0 unspecified atom stereocenters. The molecular weight excluding hydrogens is 356 g/mol. The summed E-state index contributed by atoms with van der Waals surface area (Å²) in [5.41, 5.74) is 0.576. The molecule has 1 amide bonds. The molecule has 4 nitrogen and oxygen atoms in total. The Balaban J connectivity index is 1.74. The summed E-state index contributed by atoms with van der Waals surface area (Å²) in [5, 5.41) is 2.13. The Kier molecular flexibility index (Phi) is 6.83. The van der Waals surface area contributed by atoms with E-state index in [0.29, 0.717) is 6.61 Å². The number of methoxy groups -OCH3 is 1. The van der Waals surface area contributed by atoms with Crippen molar-refractivity contribution < 1.29 is 9.53 Å². The molecule has 144 valence electrons. The Morgan fingerprint density at radius 2 is 2.00 bits per heavy atom. The van der Waals surface area contributed by atoms with E-state index in [2.05, 4.69) is 29.0 Å². The topological polar surface area (TPSA) is 32.8 Å². The van der Waals surface area contributed by atoms with Crippen LogP contribution in [0.25, 0.3) is 0 Å². The molecule has 1 fully saturated rings. The monoisotopic (exact) mass is 384 g/mol. The lowest BCUT2D eigenvalue weighted by molar-refractivity contribution is -0.116. The first-order valence-electron chi connectivity index (χ1n) is 9.44. The number of piperidine rings is 1. The molecule has 0 N–H and O–H groups in total. The summed E-state index contributed by atoms with van der Waals surface area (Å²) in [6, 6.07) is 14.2. The van der Waals surface area contributed by atoms with Gasteiger partial charge in [-0.25, -0.2) is 0 Å². The van der Waals surface area contributed by atoms with Crippen LogP contribution in [-0.2, 0) is 16.0 Å². The molecule has 0 radical (unpaired) electrons. The van der Waals surface area contributed by atoms with Gasteiger partial charge >= 0.3 is 0 Å². The molecule has 1 aromatic heterocycles. The summed E-state index contributed by atoms with van der Waals surface area (Å²) < 4.78 is 5.59. The minimum absolute atomic E-state index is 0.0646. The molecule has 2 heterocycles. The second-order valence-electron chi connectivity index (χ2n) is 7.04. The fraction of sp³-hybridized carbons (Fsp3) is 0.409. The maximum Gasteiger partial charge on any atom is 0.250 e. The molecule has 3 rings (SSSR count). The number of thiophene rings is 1. The van der Waals surface area contributed by atoms with Crippen LogP contribution in [0.15, 0.2) is 60.5 Å². The average Bonchev–Trinajstić information content (AvgIpc) is 3.22. The van der Waals surface area contributed by atoms with Gasteiger partial charge in [-0.2, -0.15) is 0 Å². The Labute approximate surface area is 166 Å². The van der Waals surface area contributed by atoms with Crippen molar-refractivity contribution in [2.45, 2.75) is 24.8 Å². The summed E-state index contributed by atoms with van der Waals surface area (Å²) in [6.07, 6.45) is 4.27. The fourth-order valence-corrected chi connectivity index (χ4v) is 4.62. The third-order valence-electron chi connectivity index (χ3n) is 5.34. The van der Waals surface area contributed by atoms with Crippen molar-refractivity contribution >= 4 is 22.9 Å². The predicted octanol–water partition coefficient (Wildman–Crippen LogP) is 3.99. The van der Waals surface area contributed by atoms with Gasteiger partial charge in [-0.15, -0.1) is 11.3 Å². The van der Waals surface area contributed by atoms with Gasteiger partial charge in [-0.05, 0) is 48.9 Å². The molecule has 0 spiro atoms. The molecular formula is C22H28N2O2S. The van der Waals surface area contributed by atoms with Crippen LogP contribution in [0.1, 0.15) is 17.7 Å². The number of nitrogens with zero attached hydrogens (tertiary/aromatic N) is 2. The van der Waals surface area contributed by atoms with E-state index in [1.807, 2.05) is 46.6 Å².